The van der Waals surface area contributed by atoms with Crippen molar-refractivity contribution < 1.29 is 14.7 Å². The van der Waals surface area contributed by atoms with E-state index in [0.29, 0.717) is 37.4 Å². The first-order chi connectivity index (χ1) is 17.1. The average Bonchev–Trinajstić information content (AvgIpc) is 3.31. The van der Waals surface area contributed by atoms with Crippen LogP contribution in [-0.4, -0.2) is 33.1 Å². The van der Waals surface area contributed by atoms with Gasteiger partial charge in [0.25, 0.3) is 5.91 Å². The lowest BCUT2D eigenvalue weighted by atomic mass is 9.82. The Labute approximate surface area is 204 Å². The first-order valence-corrected chi connectivity index (χ1v) is 12.2. The van der Waals surface area contributed by atoms with Crippen molar-refractivity contribution >= 4 is 22.8 Å². The highest BCUT2D eigenvalue weighted by Gasteiger charge is 2.26. The van der Waals surface area contributed by atoms with Gasteiger partial charge in [-0.05, 0) is 55.4 Å². The van der Waals surface area contributed by atoms with E-state index in [0.717, 1.165) is 40.6 Å². The first-order valence-electron chi connectivity index (χ1n) is 12.2. The topological polar surface area (TPSA) is 84.2 Å². The molecule has 6 heteroatoms. The SMILES string of the molecule is O=C(NCC1CCC(C(=O)O)CC1)c1cccc2ccn(Cc3ccc(-c4ccccc4)cn3)c12. The van der Waals surface area contributed by atoms with Crippen LogP contribution >= 0.6 is 0 Å². The van der Waals surface area contributed by atoms with E-state index in [-0.39, 0.29) is 11.8 Å². The fourth-order valence-corrected chi connectivity index (χ4v) is 5.02. The Bertz CT molecular complexity index is 1320. The van der Waals surface area contributed by atoms with Crippen LogP contribution in [0.2, 0.25) is 0 Å². The molecule has 35 heavy (non-hydrogen) atoms. The minimum Gasteiger partial charge on any atom is -0.481 e. The molecule has 0 saturated heterocycles. The van der Waals surface area contributed by atoms with E-state index >= 15 is 0 Å². The van der Waals surface area contributed by atoms with E-state index in [9.17, 15) is 14.7 Å². The van der Waals surface area contributed by atoms with Crippen molar-refractivity contribution in [1.29, 1.82) is 0 Å². The summed E-state index contributed by atoms with van der Waals surface area (Å²) in [6.45, 7) is 1.15. The number of rotatable bonds is 7. The second-order valence-corrected chi connectivity index (χ2v) is 9.36. The fourth-order valence-electron chi connectivity index (χ4n) is 5.02. The van der Waals surface area contributed by atoms with Gasteiger partial charge < -0.3 is 15.0 Å². The lowest BCUT2D eigenvalue weighted by Crippen LogP contribution is -2.32. The number of hydrogen-bond acceptors (Lipinski definition) is 3. The van der Waals surface area contributed by atoms with Gasteiger partial charge in [0.15, 0.2) is 0 Å². The van der Waals surface area contributed by atoms with Gasteiger partial charge in [0, 0.05) is 29.9 Å². The Hall–Kier alpha value is -3.93. The number of pyridine rings is 1. The maximum absolute atomic E-state index is 13.1. The quantitative estimate of drug-likeness (QED) is 0.383. The first kappa shape index (κ1) is 22.8. The van der Waals surface area contributed by atoms with Crippen LogP contribution in [0.4, 0.5) is 0 Å². The van der Waals surface area contributed by atoms with Crippen LogP contribution in [-0.2, 0) is 11.3 Å². The fraction of sp³-hybridized carbons (Fsp3) is 0.276. The van der Waals surface area contributed by atoms with Crippen LogP contribution in [0.5, 0.6) is 0 Å². The molecule has 178 valence electrons. The third-order valence-electron chi connectivity index (χ3n) is 7.04. The molecule has 2 heterocycles. The lowest BCUT2D eigenvalue weighted by Gasteiger charge is -2.26. The summed E-state index contributed by atoms with van der Waals surface area (Å²) in [7, 11) is 0. The van der Waals surface area contributed by atoms with Gasteiger partial charge >= 0.3 is 5.97 Å². The van der Waals surface area contributed by atoms with E-state index < -0.39 is 5.97 Å². The van der Waals surface area contributed by atoms with Crippen LogP contribution < -0.4 is 5.32 Å². The summed E-state index contributed by atoms with van der Waals surface area (Å²) in [5.74, 6) is -0.713. The van der Waals surface area contributed by atoms with Gasteiger partial charge in [0.2, 0.25) is 0 Å². The Kier molecular flexibility index (Phi) is 6.62. The zero-order valence-corrected chi connectivity index (χ0v) is 19.6. The summed E-state index contributed by atoms with van der Waals surface area (Å²) in [5, 5.41) is 13.3. The maximum atomic E-state index is 13.1. The van der Waals surface area contributed by atoms with E-state index in [4.69, 9.17) is 0 Å². The van der Waals surface area contributed by atoms with Crippen LogP contribution in [0, 0.1) is 11.8 Å². The summed E-state index contributed by atoms with van der Waals surface area (Å²) in [6.07, 6.45) is 6.93. The summed E-state index contributed by atoms with van der Waals surface area (Å²) < 4.78 is 2.08. The van der Waals surface area contributed by atoms with Gasteiger partial charge in [-0.1, -0.05) is 48.5 Å². The van der Waals surface area contributed by atoms with E-state index in [1.165, 1.54) is 0 Å². The number of para-hydroxylation sites is 1. The molecule has 0 aliphatic heterocycles. The molecule has 1 aliphatic carbocycles. The number of carbonyl (C=O) groups excluding carboxylic acids is 1. The molecule has 2 aromatic heterocycles. The normalized spacial score (nSPS) is 17.8. The van der Waals surface area contributed by atoms with Crippen molar-refractivity contribution in [1.82, 2.24) is 14.9 Å². The Morgan fingerprint density at radius 1 is 0.914 bits per heavy atom. The molecule has 0 spiro atoms. The van der Waals surface area contributed by atoms with E-state index in [2.05, 4.69) is 33.1 Å². The van der Waals surface area contributed by atoms with Crippen LogP contribution in [0.1, 0.15) is 41.7 Å². The van der Waals surface area contributed by atoms with Gasteiger partial charge in [0.05, 0.1) is 29.2 Å². The highest BCUT2D eigenvalue weighted by atomic mass is 16.4. The zero-order valence-electron chi connectivity index (χ0n) is 19.6. The second-order valence-electron chi connectivity index (χ2n) is 9.36. The standard InChI is InChI=1S/C29H29N3O3/c33-28(31-17-20-9-11-23(12-10-20)29(34)35)26-8-4-7-22-15-16-32(27(22)26)19-25-14-13-24(18-30-25)21-5-2-1-3-6-21/h1-8,13-16,18,20,23H,9-12,17,19H2,(H,31,33)(H,34,35). The molecule has 5 rings (SSSR count). The van der Waals surface area contributed by atoms with Gasteiger partial charge in [-0.3, -0.25) is 14.6 Å². The summed E-state index contributed by atoms with van der Waals surface area (Å²) in [4.78, 5) is 29.0. The number of amides is 1. The molecule has 1 saturated carbocycles. The number of nitrogens with one attached hydrogen (secondary N) is 1. The van der Waals surface area contributed by atoms with Crippen molar-refractivity contribution in [2.24, 2.45) is 11.8 Å². The van der Waals surface area contributed by atoms with E-state index in [1.807, 2.05) is 60.9 Å². The van der Waals surface area contributed by atoms with Crippen LogP contribution in [0.25, 0.3) is 22.0 Å². The number of nitrogens with zero attached hydrogens (tertiary/aromatic N) is 2. The second kappa shape index (κ2) is 10.1. The average molecular weight is 468 g/mol. The molecule has 0 atom stereocenters. The van der Waals surface area contributed by atoms with Gasteiger partial charge in [0.1, 0.15) is 0 Å². The Balaban J connectivity index is 1.29. The Morgan fingerprint density at radius 2 is 1.71 bits per heavy atom. The third-order valence-corrected chi connectivity index (χ3v) is 7.04. The van der Waals surface area contributed by atoms with Crippen molar-refractivity contribution in [2.45, 2.75) is 32.2 Å². The highest BCUT2D eigenvalue weighted by Crippen LogP contribution is 2.29. The third kappa shape index (κ3) is 5.11. The number of aliphatic carboxylic acids is 1. The van der Waals surface area contributed by atoms with E-state index in [1.54, 1.807) is 0 Å². The smallest absolute Gasteiger partial charge is 0.306 e. The molecule has 1 fully saturated rings. The molecule has 6 nitrogen and oxygen atoms in total. The number of carbonyl (C=O) groups is 2. The maximum Gasteiger partial charge on any atom is 0.306 e. The van der Waals surface area contributed by atoms with Crippen molar-refractivity contribution in [2.75, 3.05) is 6.54 Å². The monoisotopic (exact) mass is 467 g/mol. The van der Waals surface area contributed by atoms with Crippen LogP contribution in [0.15, 0.2) is 79.1 Å². The molecule has 1 aliphatic rings. The predicted molar refractivity (Wildman–Crippen MR) is 136 cm³/mol. The zero-order chi connectivity index (χ0) is 24.2. The lowest BCUT2D eigenvalue weighted by molar-refractivity contribution is -0.143. The minimum absolute atomic E-state index is 0.0942. The van der Waals surface area contributed by atoms with Crippen molar-refractivity contribution in [3.8, 4) is 11.1 Å². The van der Waals surface area contributed by atoms with Crippen LogP contribution in [0.3, 0.4) is 0 Å². The molecule has 0 radical (unpaired) electrons. The largest absolute Gasteiger partial charge is 0.481 e. The molecule has 2 aromatic carbocycles. The minimum atomic E-state index is -0.705. The van der Waals surface area contributed by atoms with Gasteiger partial charge in [-0.25, -0.2) is 0 Å². The molecule has 0 bridgehead atoms. The summed E-state index contributed by atoms with van der Waals surface area (Å²) >= 11 is 0. The number of aromatic nitrogens is 2. The molecule has 4 aromatic rings. The van der Waals surface area contributed by atoms with Crippen molar-refractivity contribution in [3.63, 3.8) is 0 Å². The number of benzene rings is 2. The molecular formula is C29H29N3O3. The Morgan fingerprint density at radius 3 is 2.43 bits per heavy atom. The molecule has 0 unspecified atom stereocenters. The summed E-state index contributed by atoms with van der Waals surface area (Å²) in [6, 6.07) is 22.1. The molecule has 1 amide bonds. The number of hydrogen-bond donors (Lipinski definition) is 2. The molecule has 2 N–H and O–H groups in total. The van der Waals surface area contributed by atoms with Gasteiger partial charge in [-0.15, -0.1) is 0 Å². The summed E-state index contributed by atoms with van der Waals surface area (Å²) in [5.41, 5.74) is 4.67. The predicted octanol–water partition coefficient (Wildman–Crippen LogP) is 5.37. The number of fused-ring (bicyclic) bond motifs is 1. The number of carboxylic acids is 1. The number of carboxylic acid groups (broad SMARTS) is 1. The highest BCUT2D eigenvalue weighted by molar-refractivity contribution is 6.06. The molecular weight excluding hydrogens is 438 g/mol. The van der Waals surface area contributed by atoms with Crippen molar-refractivity contribution in [3.05, 3.63) is 90.4 Å². The van der Waals surface area contributed by atoms with Gasteiger partial charge in [-0.2, -0.15) is 0 Å².